The standard InChI is InChI=1S/C12H11NO4/c1-8-6-10(13-17-8)7-16-12(15)9-2-4-11(14)5-3-9/h2-6,14H,7H2,1H3. The second-order valence-electron chi connectivity index (χ2n) is 3.55. The van der Waals surface area contributed by atoms with Crippen LogP contribution in [0.3, 0.4) is 0 Å². The van der Waals surface area contributed by atoms with Gasteiger partial charge >= 0.3 is 5.97 Å². The Bertz CT molecular complexity index is 516. The van der Waals surface area contributed by atoms with Crippen molar-refractivity contribution >= 4 is 5.97 Å². The van der Waals surface area contributed by atoms with Crippen molar-refractivity contribution in [2.75, 3.05) is 0 Å². The fourth-order valence-electron chi connectivity index (χ4n) is 1.31. The highest BCUT2D eigenvalue weighted by Gasteiger charge is 2.08. The van der Waals surface area contributed by atoms with Gasteiger partial charge in [-0.25, -0.2) is 4.79 Å². The minimum Gasteiger partial charge on any atom is -0.508 e. The van der Waals surface area contributed by atoms with Gasteiger partial charge < -0.3 is 14.4 Å². The van der Waals surface area contributed by atoms with Gasteiger partial charge in [0.1, 0.15) is 23.8 Å². The summed E-state index contributed by atoms with van der Waals surface area (Å²) in [6, 6.07) is 7.54. The van der Waals surface area contributed by atoms with Gasteiger partial charge in [0.15, 0.2) is 0 Å². The Morgan fingerprint density at radius 3 is 2.71 bits per heavy atom. The molecule has 0 aliphatic rings. The van der Waals surface area contributed by atoms with Crippen LogP contribution in [0.25, 0.3) is 0 Å². The van der Waals surface area contributed by atoms with Gasteiger partial charge in [-0.3, -0.25) is 0 Å². The Labute approximate surface area is 97.6 Å². The van der Waals surface area contributed by atoms with Crippen LogP contribution in [0.5, 0.6) is 5.75 Å². The number of carbonyl (C=O) groups is 1. The maximum atomic E-state index is 11.6. The van der Waals surface area contributed by atoms with E-state index in [2.05, 4.69) is 5.16 Å². The molecule has 0 unspecified atom stereocenters. The maximum absolute atomic E-state index is 11.6. The van der Waals surface area contributed by atoms with Gasteiger partial charge in [-0.2, -0.15) is 0 Å². The van der Waals surface area contributed by atoms with E-state index >= 15 is 0 Å². The average Bonchev–Trinajstić information content (AvgIpc) is 2.73. The van der Waals surface area contributed by atoms with Gasteiger partial charge in [0.25, 0.3) is 0 Å². The first-order valence-corrected chi connectivity index (χ1v) is 5.03. The first-order chi connectivity index (χ1) is 8.15. The molecule has 0 aliphatic carbocycles. The lowest BCUT2D eigenvalue weighted by Crippen LogP contribution is -2.05. The maximum Gasteiger partial charge on any atom is 0.338 e. The predicted molar refractivity (Wildman–Crippen MR) is 58.5 cm³/mol. The Morgan fingerprint density at radius 1 is 1.41 bits per heavy atom. The zero-order valence-corrected chi connectivity index (χ0v) is 9.21. The molecule has 88 valence electrons. The normalized spacial score (nSPS) is 10.2. The molecule has 0 saturated heterocycles. The summed E-state index contributed by atoms with van der Waals surface area (Å²) in [5, 5.41) is 12.8. The molecule has 1 N–H and O–H groups in total. The quantitative estimate of drug-likeness (QED) is 0.821. The molecule has 0 atom stereocenters. The van der Waals surface area contributed by atoms with Crippen LogP contribution in [0.2, 0.25) is 0 Å². The highest BCUT2D eigenvalue weighted by atomic mass is 16.5. The molecule has 17 heavy (non-hydrogen) atoms. The molecule has 1 aromatic heterocycles. The third kappa shape index (κ3) is 2.84. The average molecular weight is 233 g/mol. The van der Waals surface area contributed by atoms with Crippen molar-refractivity contribution in [3.05, 3.63) is 47.3 Å². The molecule has 1 heterocycles. The zero-order valence-electron chi connectivity index (χ0n) is 9.21. The Kier molecular flexibility index (Phi) is 3.09. The van der Waals surface area contributed by atoms with Gasteiger partial charge in [0, 0.05) is 6.07 Å². The van der Waals surface area contributed by atoms with Crippen LogP contribution in [0, 0.1) is 6.92 Å². The molecule has 0 saturated carbocycles. The van der Waals surface area contributed by atoms with Crippen molar-refractivity contribution in [2.45, 2.75) is 13.5 Å². The fourth-order valence-corrected chi connectivity index (χ4v) is 1.31. The number of hydrogen-bond donors (Lipinski definition) is 1. The smallest absolute Gasteiger partial charge is 0.338 e. The number of phenols is 1. The van der Waals surface area contributed by atoms with Crippen LogP contribution in [0.15, 0.2) is 34.9 Å². The summed E-state index contributed by atoms with van der Waals surface area (Å²) in [5.74, 6) is 0.306. The number of carbonyl (C=O) groups excluding carboxylic acids is 1. The zero-order chi connectivity index (χ0) is 12.3. The summed E-state index contributed by atoms with van der Waals surface area (Å²) in [6.45, 7) is 1.83. The van der Waals surface area contributed by atoms with Crippen molar-refractivity contribution in [2.24, 2.45) is 0 Å². The molecular formula is C12H11NO4. The number of aryl methyl sites for hydroxylation is 1. The van der Waals surface area contributed by atoms with Crippen molar-refractivity contribution in [1.82, 2.24) is 5.16 Å². The lowest BCUT2D eigenvalue weighted by Gasteiger charge is -2.02. The van der Waals surface area contributed by atoms with E-state index in [0.29, 0.717) is 17.0 Å². The molecule has 5 heteroatoms. The van der Waals surface area contributed by atoms with Crippen LogP contribution in [-0.2, 0) is 11.3 Å². The van der Waals surface area contributed by atoms with E-state index < -0.39 is 5.97 Å². The van der Waals surface area contributed by atoms with Gasteiger partial charge in [0.2, 0.25) is 0 Å². The van der Waals surface area contributed by atoms with Crippen molar-refractivity contribution in [1.29, 1.82) is 0 Å². The summed E-state index contributed by atoms with van der Waals surface area (Å²) in [6.07, 6.45) is 0. The molecule has 0 spiro atoms. The largest absolute Gasteiger partial charge is 0.508 e. The second-order valence-corrected chi connectivity index (χ2v) is 3.55. The number of rotatable bonds is 3. The van der Waals surface area contributed by atoms with Crippen molar-refractivity contribution in [3.8, 4) is 5.75 Å². The number of aromatic hydroxyl groups is 1. The van der Waals surface area contributed by atoms with Crippen LogP contribution < -0.4 is 0 Å². The van der Waals surface area contributed by atoms with E-state index in [4.69, 9.17) is 14.4 Å². The van der Waals surface area contributed by atoms with Gasteiger partial charge in [-0.1, -0.05) is 5.16 Å². The first kappa shape index (κ1) is 11.2. The third-order valence-corrected chi connectivity index (χ3v) is 2.13. The number of esters is 1. The van der Waals surface area contributed by atoms with Crippen LogP contribution in [0.4, 0.5) is 0 Å². The lowest BCUT2D eigenvalue weighted by atomic mass is 10.2. The van der Waals surface area contributed by atoms with Crippen molar-refractivity contribution < 1.29 is 19.2 Å². The summed E-state index contributed by atoms with van der Waals surface area (Å²) in [5.41, 5.74) is 0.942. The summed E-state index contributed by atoms with van der Waals surface area (Å²) in [4.78, 5) is 11.6. The molecule has 0 aliphatic heterocycles. The first-order valence-electron chi connectivity index (χ1n) is 5.03. The highest BCUT2D eigenvalue weighted by molar-refractivity contribution is 5.89. The topological polar surface area (TPSA) is 72.6 Å². The SMILES string of the molecule is Cc1cc(COC(=O)c2ccc(O)cc2)no1. The Hall–Kier alpha value is -2.30. The molecule has 2 aromatic rings. The van der Waals surface area contributed by atoms with Crippen LogP contribution in [0.1, 0.15) is 21.8 Å². The minimum absolute atomic E-state index is 0.0665. The van der Waals surface area contributed by atoms with E-state index in [1.54, 1.807) is 13.0 Å². The van der Waals surface area contributed by atoms with E-state index in [9.17, 15) is 4.79 Å². The van der Waals surface area contributed by atoms with Crippen LogP contribution >= 0.6 is 0 Å². The van der Waals surface area contributed by atoms with Gasteiger partial charge in [0.05, 0.1) is 5.56 Å². The number of aromatic nitrogens is 1. The Balaban J connectivity index is 1.95. The number of nitrogens with zero attached hydrogens (tertiary/aromatic N) is 1. The van der Waals surface area contributed by atoms with E-state index in [1.807, 2.05) is 0 Å². The fraction of sp³-hybridized carbons (Fsp3) is 0.167. The molecule has 2 rings (SSSR count). The minimum atomic E-state index is -0.467. The second kappa shape index (κ2) is 4.69. The monoisotopic (exact) mass is 233 g/mol. The molecular weight excluding hydrogens is 222 g/mol. The molecule has 0 fully saturated rings. The van der Waals surface area contributed by atoms with Crippen LogP contribution in [-0.4, -0.2) is 16.2 Å². The summed E-state index contributed by atoms with van der Waals surface area (Å²) < 4.78 is 9.87. The molecule has 1 aromatic carbocycles. The number of ether oxygens (including phenoxy) is 1. The Morgan fingerprint density at radius 2 is 2.12 bits per heavy atom. The molecule has 5 nitrogen and oxygen atoms in total. The third-order valence-electron chi connectivity index (χ3n) is 2.13. The van der Waals surface area contributed by atoms with E-state index in [1.165, 1.54) is 24.3 Å². The van der Waals surface area contributed by atoms with Gasteiger partial charge in [-0.15, -0.1) is 0 Å². The highest BCUT2D eigenvalue weighted by Crippen LogP contribution is 2.11. The number of hydrogen-bond acceptors (Lipinski definition) is 5. The molecule has 0 amide bonds. The predicted octanol–water partition coefficient (Wildman–Crippen LogP) is 2.05. The lowest BCUT2D eigenvalue weighted by molar-refractivity contribution is 0.0464. The van der Waals surface area contributed by atoms with Gasteiger partial charge in [-0.05, 0) is 31.2 Å². The summed E-state index contributed by atoms with van der Waals surface area (Å²) in [7, 11) is 0. The molecule has 0 bridgehead atoms. The van der Waals surface area contributed by atoms with E-state index in [-0.39, 0.29) is 12.4 Å². The number of benzene rings is 1. The summed E-state index contributed by atoms with van der Waals surface area (Å²) >= 11 is 0. The van der Waals surface area contributed by atoms with Crippen molar-refractivity contribution in [3.63, 3.8) is 0 Å². The van der Waals surface area contributed by atoms with E-state index in [0.717, 1.165) is 0 Å². The molecule has 0 radical (unpaired) electrons. The number of phenolic OH excluding ortho intramolecular Hbond substituents is 1.